The number of unbranched alkanes of at least 4 members (excludes halogenated alkanes) is 42. The molecule has 0 heterocycles. The SMILES string of the molecule is CC/C=C\C/C=C\C/C=C\C/C=C\C/C=C\CCCCCCCCCCCC(=O)OC(COC(=O)CCCCCCC)COC(=O)CCCCCCCCCCCCCCCCCCCCCCC/C=C\CCCCCCCCCC. The molecular formula is C75H134O6. The summed E-state index contributed by atoms with van der Waals surface area (Å²) in [6.07, 6.45) is 91.4. The number of rotatable bonds is 65. The minimum absolute atomic E-state index is 0.0744. The van der Waals surface area contributed by atoms with Gasteiger partial charge in [-0.05, 0) is 89.9 Å². The molecule has 1 unspecified atom stereocenters. The summed E-state index contributed by atoms with van der Waals surface area (Å²) in [6, 6.07) is 0. The Labute approximate surface area is 503 Å². The van der Waals surface area contributed by atoms with Crippen LogP contribution in [0.25, 0.3) is 0 Å². The Morgan fingerprint density at radius 2 is 0.481 bits per heavy atom. The van der Waals surface area contributed by atoms with Gasteiger partial charge in [-0.15, -0.1) is 0 Å². The van der Waals surface area contributed by atoms with E-state index in [1.165, 1.54) is 225 Å². The number of esters is 3. The van der Waals surface area contributed by atoms with Crippen LogP contribution in [-0.2, 0) is 28.6 Å². The molecule has 0 bridgehead atoms. The van der Waals surface area contributed by atoms with Crippen LogP contribution in [-0.4, -0.2) is 37.2 Å². The summed E-state index contributed by atoms with van der Waals surface area (Å²) >= 11 is 0. The molecule has 0 spiro atoms. The van der Waals surface area contributed by atoms with Crippen molar-refractivity contribution in [3.05, 3.63) is 72.9 Å². The molecule has 0 N–H and O–H groups in total. The Morgan fingerprint density at radius 1 is 0.259 bits per heavy atom. The lowest BCUT2D eigenvalue weighted by atomic mass is 10.0. The molecule has 0 saturated carbocycles. The fourth-order valence-electron chi connectivity index (χ4n) is 10.4. The molecule has 0 amide bonds. The fourth-order valence-corrected chi connectivity index (χ4v) is 10.4. The van der Waals surface area contributed by atoms with Gasteiger partial charge in [-0.25, -0.2) is 0 Å². The van der Waals surface area contributed by atoms with Gasteiger partial charge >= 0.3 is 17.9 Å². The van der Waals surface area contributed by atoms with Gasteiger partial charge < -0.3 is 14.2 Å². The second-order valence-corrected chi connectivity index (χ2v) is 23.8. The van der Waals surface area contributed by atoms with Gasteiger partial charge in [0.25, 0.3) is 0 Å². The van der Waals surface area contributed by atoms with Gasteiger partial charge in [0, 0.05) is 19.3 Å². The second-order valence-electron chi connectivity index (χ2n) is 23.8. The predicted molar refractivity (Wildman–Crippen MR) is 353 cm³/mol. The maximum atomic E-state index is 12.9. The van der Waals surface area contributed by atoms with Crippen LogP contribution < -0.4 is 0 Å². The van der Waals surface area contributed by atoms with Crippen molar-refractivity contribution in [2.45, 2.75) is 374 Å². The average molecular weight is 1130 g/mol. The highest BCUT2D eigenvalue weighted by molar-refractivity contribution is 5.71. The molecule has 0 aliphatic rings. The van der Waals surface area contributed by atoms with Crippen molar-refractivity contribution >= 4 is 17.9 Å². The Hall–Kier alpha value is -3.15. The first kappa shape index (κ1) is 77.9. The lowest BCUT2D eigenvalue weighted by molar-refractivity contribution is -0.167. The molecule has 6 nitrogen and oxygen atoms in total. The van der Waals surface area contributed by atoms with E-state index in [0.29, 0.717) is 19.3 Å². The molecular weight excluding hydrogens is 997 g/mol. The highest BCUT2D eigenvalue weighted by Gasteiger charge is 2.19. The summed E-state index contributed by atoms with van der Waals surface area (Å²) < 4.78 is 16.8. The number of carbonyl (C=O) groups is 3. The summed E-state index contributed by atoms with van der Waals surface area (Å²) in [4.78, 5) is 38.0. The maximum absolute atomic E-state index is 12.9. The summed E-state index contributed by atoms with van der Waals surface area (Å²) in [6.45, 7) is 6.48. The minimum atomic E-state index is -0.775. The third kappa shape index (κ3) is 67.5. The van der Waals surface area contributed by atoms with Gasteiger partial charge in [0.15, 0.2) is 6.10 Å². The smallest absolute Gasteiger partial charge is 0.306 e. The quantitative estimate of drug-likeness (QED) is 0.0261. The maximum Gasteiger partial charge on any atom is 0.306 e. The van der Waals surface area contributed by atoms with Gasteiger partial charge in [-0.1, -0.05) is 331 Å². The van der Waals surface area contributed by atoms with Crippen LogP contribution in [0.1, 0.15) is 367 Å². The number of carbonyl (C=O) groups excluding carboxylic acids is 3. The normalized spacial score (nSPS) is 12.5. The van der Waals surface area contributed by atoms with Crippen molar-refractivity contribution in [1.82, 2.24) is 0 Å². The molecule has 81 heavy (non-hydrogen) atoms. The van der Waals surface area contributed by atoms with Gasteiger partial charge in [0.05, 0.1) is 0 Å². The van der Waals surface area contributed by atoms with E-state index in [-0.39, 0.29) is 31.1 Å². The molecule has 0 saturated heterocycles. The molecule has 6 heteroatoms. The zero-order chi connectivity index (χ0) is 58.5. The van der Waals surface area contributed by atoms with E-state index in [2.05, 4.69) is 93.7 Å². The molecule has 0 aromatic carbocycles. The molecule has 0 aliphatic carbocycles. The van der Waals surface area contributed by atoms with Gasteiger partial charge in [0.2, 0.25) is 0 Å². The van der Waals surface area contributed by atoms with Crippen LogP contribution >= 0.6 is 0 Å². The highest BCUT2D eigenvalue weighted by Crippen LogP contribution is 2.18. The molecule has 0 rings (SSSR count). The van der Waals surface area contributed by atoms with Crippen LogP contribution in [0.15, 0.2) is 72.9 Å². The third-order valence-electron chi connectivity index (χ3n) is 15.7. The van der Waals surface area contributed by atoms with E-state index in [9.17, 15) is 14.4 Å². The van der Waals surface area contributed by atoms with Crippen molar-refractivity contribution in [3.63, 3.8) is 0 Å². The van der Waals surface area contributed by atoms with Crippen molar-refractivity contribution in [1.29, 1.82) is 0 Å². The van der Waals surface area contributed by atoms with Crippen molar-refractivity contribution in [2.24, 2.45) is 0 Å². The molecule has 0 radical (unpaired) electrons. The first-order valence-electron chi connectivity index (χ1n) is 35.4. The minimum Gasteiger partial charge on any atom is -0.462 e. The number of allylic oxidation sites excluding steroid dienone is 12. The Kier molecular flexibility index (Phi) is 66.6. The third-order valence-corrected chi connectivity index (χ3v) is 15.7. The van der Waals surface area contributed by atoms with E-state index >= 15 is 0 Å². The van der Waals surface area contributed by atoms with E-state index in [4.69, 9.17) is 14.2 Å². The van der Waals surface area contributed by atoms with E-state index in [1.54, 1.807) is 0 Å². The van der Waals surface area contributed by atoms with Gasteiger partial charge in [0.1, 0.15) is 13.2 Å². The summed E-state index contributed by atoms with van der Waals surface area (Å²) in [5.74, 6) is -0.878. The van der Waals surface area contributed by atoms with Crippen molar-refractivity contribution in [2.75, 3.05) is 13.2 Å². The monoisotopic (exact) mass is 1130 g/mol. The second kappa shape index (κ2) is 69.3. The lowest BCUT2D eigenvalue weighted by Gasteiger charge is -2.18. The van der Waals surface area contributed by atoms with Gasteiger partial charge in [-0.3, -0.25) is 14.4 Å². The highest BCUT2D eigenvalue weighted by atomic mass is 16.6. The van der Waals surface area contributed by atoms with Crippen LogP contribution in [0, 0.1) is 0 Å². The summed E-state index contributed by atoms with van der Waals surface area (Å²) in [5.41, 5.74) is 0. The lowest BCUT2D eigenvalue weighted by Crippen LogP contribution is -2.30. The first-order valence-corrected chi connectivity index (χ1v) is 35.4. The largest absolute Gasteiger partial charge is 0.462 e. The topological polar surface area (TPSA) is 78.9 Å². The molecule has 0 aromatic rings. The molecule has 0 aliphatic heterocycles. The standard InChI is InChI=1S/C75H134O6/c1-4-7-10-13-15-17-19-21-23-25-27-29-31-33-34-35-36-37-38-39-40-42-43-45-47-49-51-53-55-57-59-62-65-68-74(77)80-71-72(70-79-73(76)67-64-61-12-9-6-3)81-75(78)69-66-63-60-58-56-54-52-50-48-46-44-41-32-30-28-26-24-22-20-18-16-14-11-8-5-2/h8,11,16,18,22,24-25,27-28,30,41,44,72H,4-7,9-10,12-15,17,19-21,23,26,29,31-40,42-43,45-71H2,1-3H3/b11-8-,18-16-,24-22-,27-25-,30-28-,44-41-. The zero-order valence-corrected chi connectivity index (χ0v) is 54.1. The molecule has 470 valence electrons. The van der Waals surface area contributed by atoms with Crippen LogP contribution in [0.5, 0.6) is 0 Å². The van der Waals surface area contributed by atoms with Crippen molar-refractivity contribution in [3.8, 4) is 0 Å². The van der Waals surface area contributed by atoms with Crippen LogP contribution in [0.2, 0.25) is 0 Å². The summed E-state index contributed by atoms with van der Waals surface area (Å²) in [5, 5.41) is 0. The number of hydrogen-bond acceptors (Lipinski definition) is 6. The number of ether oxygens (including phenoxy) is 3. The van der Waals surface area contributed by atoms with Crippen LogP contribution in [0.3, 0.4) is 0 Å². The van der Waals surface area contributed by atoms with E-state index < -0.39 is 6.10 Å². The van der Waals surface area contributed by atoms with Crippen LogP contribution in [0.4, 0.5) is 0 Å². The predicted octanol–water partition coefficient (Wildman–Crippen LogP) is 24.4. The fraction of sp³-hybridized carbons (Fsp3) is 0.800. The van der Waals surface area contributed by atoms with E-state index in [1.807, 2.05) is 0 Å². The number of hydrogen-bond donors (Lipinski definition) is 0. The van der Waals surface area contributed by atoms with Gasteiger partial charge in [-0.2, -0.15) is 0 Å². The van der Waals surface area contributed by atoms with E-state index in [0.717, 1.165) is 103 Å². The Bertz CT molecular complexity index is 1490. The zero-order valence-electron chi connectivity index (χ0n) is 54.1. The average Bonchev–Trinajstić information content (AvgIpc) is 3.47. The summed E-state index contributed by atoms with van der Waals surface area (Å²) in [7, 11) is 0. The molecule has 0 aromatic heterocycles. The Morgan fingerprint density at radius 3 is 0.765 bits per heavy atom. The molecule has 1 atom stereocenters. The molecule has 0 fully saturated rings. The first-order chi connectivity index (χ1) is 40.0. The van der Waals surface area contributed by atoms with Crippen molar-refractivity contribution < 1.29 is 28.6 Å². The Balaban J connectivity index is 3.94.